The van der Waals surface area contributed by atoms with Crippen LogP contribution in [0.1, 0.15) is 46.1 Å². The molecule has 0 aromatic carbocycles. The fourth-order valence-electron chi connectivity index (χ4n) is 3.61. The van der Waals surface area contributed by atoms with E-state index in [4.69, 9.17) is 4.98 Å². The fourth-order valence-corrected chi connectivity index (χ4v) is 3.61. The molecule has 1 amide bonds. The van der Waals surface area contributed by atoms with E-state index in [0.717, 1.165) is 40.8 Å². The monoisotopic (exact) mass is 387 g/mol. The standard InChI is InChI=1S/C21H21N7O/c1-13-19-16(10-17(15-5-6-15)23-20(19)27(2)25-13)21(29)24-18-7-9-28(26-18)12-14-4-3-8-22-11-14/h3-4,7-11,15H,5-6,12H2,1-2H3,(H,24,26,29). The number of nitrogens with one attached hydrogen (secondary N) is 1. The minimum Gasteiger partial charge on any atom is -0.305 e. The number of carbonyl (C=O) groups excluding carboxylic acids is 1. The number of carbonyl (C=O) groups is 1. The fraction of sp³-hybridized carbons (Fsp3) is 0.286. The molecule has 146 valence electrons. The van der Waals surface area contributed by atoms with Gasteiger partial charge in [-0.25, -0.2) is 4.98 Å². The highest BCUT2D eigenvalue weighted by atomic mass is 16.1. The van der Waals surface area contributed by atoms with Crippen molar-refractivity contribution in [2.75, 3.05) is 5.32 Å². The van der Waals surface area contributed by atoms with Crippen molar-refractivity contribution < 1.29 is 4.79 Å². The number of aryl methyl sites for hydroxylation is 2. The van der Waals surface area contributed by atoms with E-state index in [-0.39, 0.29) is 5.91 Å². The van der Waals surface area contributed by atoms with Crippen molar-refractivity contribution in [3.05, 3.63) is 65.4 Å². The molecule has 0 bridgehead atoms. The molecule has 29 heavy (non-hydrogen) atoms. The number of pyridine rings is 2. The van der Waals surface area contributed by atoms with E-state index in [9.17, 15) is 4.79 Å². The average molecular weight is 387 g/mol. The molecule has 0 radical (unpaired) electrons. The summed E-state index contributed by atoms with van der Waals surface area (Å²) in [6.07, 6.45) is 7.63. The van der Waals surface area contributed by atoms with Crippen LogP contribution in [0.4, 0.5) is 5.82 Å². The van der Waals surface area contributed by atoms with Crippen LogP contribution in [0.3, 0.4) is 0 Å². The molecule has 0 saturated heterocycles. The minimum atomic E-state index is -0.193. The van der Waals surface area contributed by atoms with E-state index in [0.29, 0.717) is 23.8 Å². The summed E-state index contributed by atoms with van der Waals surface area (Å²) < 4.78 is 3.52. The van der Waals surface area contributed by atoms with Crippen molar-refractivity contribution in [1.29, 1.82) is 0 Å². The van der Waals surface area contributed by atoms with Crippen LogP contribution in [0.5, 0.6) is 0 Å². The molecule has 1 fully saturated rings. The van der Waals surface area contributed by atoms with Crippen LogP contribution in [0.15, 0.2) is 42.9 Å². The number of aromatic nitrogens is 6. The molecule has 0 atom stereocenters. The average Bonchev–Trinajstić information content (AvgIpc) is 3.42. The molecular formula is C21H21N7O. The molecule has 1 N–H and O–H groups in total. The molecule has 0 aliphatic heterocycles. The van der Waals surface area contributed by atoms with Gasteiger partial charge >= 0.3 is 0 Å². The largest absolute Gasteiger partial charge is 0.305 e. The Morgan fingerprint density at radius 3 is 2.90 bits per heavy atom. The first-order chi connectivity index (χ1) is 14.1. The van der Waals surface area contributed by atoms with Crippen molar-refractivity contribution in [3.63, 3.8) is 0 Å². The molecule has 1 aliphatic carbocycles. The topological polar surface area (TPSA) is 90.5 Å². The quantitative estimate of drug-likeness (QED) is 0.568. The summed E-state index contributed by atoms with van der Waals surface area (Å²) >= 11 is 0. The molecule has 4 aromatic heterocycles. The normalized spacial score (nSPS) is 13.7. The van der Waals surface area contributed by atoms with E-state index < -0.39 is 0 Å². The van der Waals surface area contributed by atoms with Gasteiger partial charge in [0.15, 0.2) is 11.5 Å². The van der Waals surface area contributed by atoms with Gasteiger partial charge in [0, 0.05) is 43.3 Å². The van der Waals surface area contributed by atoms with Gasteiger partial charge in [0.05, 0.1) is 23.2 Å². The smallest absolute Gasteiger partial charge is 0.257 e. The third-order valence-corrected chi connectivity index (χ3v) is 5.18. The van der Waals surface area contributed by atoms with Crippen molar-refractivity contribution in [3.8, 4) is 0 Å². The van der Waals surface area contributed by atoms with Gasteiger partial charge in [0.2, 0.25) is 0 Å². The van der Waals surface area contributed by atoms with Gasteiger partial charge in [-0.1, -0.05) is 6.07 Å². The predicted molar refractivity (Wildman–Crippen MR) is 109 cm³/mol. The highest BCUT2D eigenvalue weighted by Gasteiger charge is 2.28. The number of fused-ring (bicyclic) bond motifs is 1. The highest BCUT2D eigenvalue weighted by molar-refractivity contribution is 6.12. The van der Waals surface area contributed by atoms with Crippen LogP contribution in [0.25, 0.3) is 11.0 Å². The summed E-state index contributed by atoms with van der Waals surface area (Å²) in [6, 6.07) is 7.59. The number of nitrogens with zero attached hydrogens (tertiary/aromatic N) is 6. The number of rotatable bonds is 5. The molecule has 1 aliphatic rings. The second-order valence-electron chi connectivity index (χ2n) is 7.49. The second kappa shape index (κ2) is 6.80. The van der Waals surface area contributed by atoms with E-state index in [2.05, 4.69) is 20.5 Å². The third-order valence-electron chi connectivity index (χ3n) is 5.18. The Balaban J connectivity index is 1.43. The molecule has 4 heterocycles. The van der Waals surface area contributed by atoms with E-state index in [1.54, 1.807) is 27.8 Å². The summed E-state index contributed by atoms with van der Waals surface area (Å²) in [4.78, 5) is 22.0. The lowest BCUT2D eigenvalue weighted by Gasteiger charge is -2.07. The first-order valence-corrected chi connectivity index (χ1v) is 9.66. The first-order valence-electron chi connectivity index (χ1n) is 9.66. The van der Waals surface area contributed by atoms with Gasteiger partial charge in [-0.3, -0.25) is 19.1 Å². The maximum atomic E-state index is 13.1. The molecule has 0 unspecified atom stereocenters. The van der Waals surface area contributed by atoms with E-state index in [1.165, 1.54) is 0 Å². The zero-order chi connectivity index (χ0) is 20.0. The Labute approximate surface area is 167 Å². The Morgan fingerprint density at radius 2 is 2.14 bits per heavy atom. The summed E-state index contributed by atoms with van der Waals surface area (Å²) in [7, 11) is 1.86. The zero-order valence-corrected chi connectivity index (χ0v) is 16.3. The summed E-state index contributed by atoms with van der Waals surface area (Å²) in [5, 5.41) is 12.7. The van der Waals surface area contributed by atoms with Gasteiger partial charge in [0.1, 0.15) is 0 Å². The molecular weight excluding hydrogens is 366 g/mol. The number of hydrogen-bond donors (Lipinski definition) is 1. The number of amides is 1. The second-order valence-corrected chi connectivity index (χ2v) is 7.49. The van der Waals surface area contributed by atoms with E-state index in [1.807, 2.05) is 38.4 Å². The Morgan fingerprint density at radius 1 is 1.28 bits per heavy atom. The van der Waals surface area contributed by atoms with Gasteiger partial charge in [-0.15, -0.1) is 0 Å². The zero-order valence-electron chi connectivity index (χ0n) is 16.3. The summed E-state index contributed by atoms with van der Waals surface area (Å²) in [5.41, 5.74) is 4.16. The molecule has 8 heteroatoms. The lowest BCUT2D eigenvalue weighted by Crippen LogP contribution is -2.14. The maximum Gasteiger partial charge on any atom is 0.257 e. The van der Waals surface area contributed by atoms with Crippen molar-refractivity contribution >= 4 is 22.8 Å². The van der Waals surface area contributed by atoms with Crippen LogP contribution < -0.4 is 5.32 Å². The molecule has 4 aromatic rings. The molecule has 8 nitrogen and oxygen atoms in total. The third kappa shape index (κ3) is 3.37. The SMILES string of the molecule is Cc1nn(C)c2nc(C3CC3)cc(C(=O)Nc3ccn(Cc4cccnc4)n3)c12. The van der Waals surface area contributed by atoms with Crippen LogP contribution in [0.2, 0.25) is 0 Å². The van der Waals surface area contributed by atoms with Crippen LogP contribution in [-0.4, -0.2) is 35.4 Å². The van der Waals surface area contributed by atoms with Crippen LogP contribution in [-0.2, 0) is 13.6 Å². The van der Waals surface area contributed by atoms with Crippen LogP contribution in [0, 0.1) is 6.92 Å². The predicted octanol–water partition coefficient (Wildman–Crippen LogP) is 3.05. The number of hydrogen-bond acceptors (Lipinski definition) is 5. The Hall–Kier alpha value is -3.55. The van der Waals surface area contributed by atoms with Crippen molar-refractivity contribution in [2.45, 2.75) is 32.2 Å². The van der Waals surface area contributed by atoms with Gasteiger partial charge in [-0.2, -0.15) is 10.2 Å². The summed E-state index contributed by atoms with van der Waals surface area (Å²) in [6.45, 7) is 2.50. The minimum absolute atomic E-state index is 0.193. The van der Waals surface area contributed by atoms with Crippen molar-refractivity contribution in [1.82, 2.24) is 29.5 Å². The first kappa shape index (κ1) is 17.5. The Kier molecular flexibility index (Phi) is 4.12. The van der Waals surface area contributed by atoms with Gasteiger partial charge in [-0.05, 0) is 37.5 Å². The van der Waals surface area contributed by atoms with Gasteiger partial charge < -0.3 is 5.32 Å². The Bertz CT molecular complexity index is 1200. The number of anilines is 1. The lowest BCUT2D eigenvalue weighted by atomic mass is 10.1. The summed E-state index contributed by atoms with van der Waals surface area (Å²) in [5.74, 6) is 0.764. The molecule has 5 rings (SSSR count). The van der Waals surface area contributed by atoms with E-state index >= 15 is 0 Å². The van der Waals surface area contributed by atoms with Crippen molar-refractivity contribution in [2.24, 2.45) is 7.05 Å². The maximum absolute atomic E-state index is 13.1. The highest BCUT2D eigenvalue weighted by Crippen LogP contribution is 2.40. The molecule has 1 saturated carbocycles. The lowest BCUT2D eigenvalue weighted by molar-refractivity contribution is 0.102. The van der Waals surface area contributed by atoms with Gasteiger partial charge in [0.25, 0.3) is 5.91 Å². The molecule has 0 spiro atoms. The van der Waals surface area contributed by atoms with Crippen LogP contribution >= 0.6 is 0 Å².